The minimum Gasteiger partial charge on any atom is -0.352 e. The summed E-state index contributed by atoms with van der Waals surface area (Å²) in [6.45, 7) is 5.02. The first-order valence-electron chi connectivity index (χ1n) is 16.2. The number of unbranched alkanes of at least 4 members (excludes halogenated alkanes) is 3. The van der Waals surface area contributed by atoms with Crippen LogP contribution in [0.5, 0.6) is 0 Å². The lowest BCUT2D eigenvalue weighted by Crippen LogP contribution is -2.26. The lowest BCUT2D eigenvalue weighted by atomic mass is 9.97. The number of fused-ring (bicyclic) bond motifs is 2. The predicted octanol–water partition coefficient (Wildman–Crippen LogP) is 9.76. The number of nitrogens with one attached hydrogen (secondary N) is 2. The van der Waals surface area contributed by atoms with Crippen molar-refractivity contribution in [2.75, 3.05) is 13.1 Å². The molecule has 0 radical (unpaired) electrons. The van der Waals surface area contributed by atoms with Crippen LogP contribution in [0.25, 0.3) is 44.3 Å². The molecule has 2 N–H and O–H groups in total. The van der Waals surface area contributed by atoms with Gasteiger partial charge in [-0.05, 0) is 74.2 Å². The highest BCUT2D eigenvalue weighted by atomic mass is 35.5. The zero-order valence-electron chi connectivity index (χ0n) is 26.9. The predicted molar refractivity (Wildman–Crippen MR) is 197 cm³/mol. The molecule has 0 fully saturated rings. The summed E-state index contributed by atoms with van der Waals surface area (Å²) in [4.78, 5) is 36.7. The van der Waals surface area contributed by atoms with Gasteiger partial charge in [0, 0.05) is 45.0 Å². The smallest absolute Gasteiger partial charge is 0.252 e. The maximum atomic E-state index is 13.5. The van der Waals surface area contributed by atoms with Crippen LogP contribution < -0.4 is 10.6 Å². The van der Waals surface area contributed by atoms with Gasteiger partial charge in [-0.1, -0.05) is 96.7 Å². The van der Waals surface area contributed by atoms with Crippen LogP contribution in [0.1, 0.15) is 57.5 Å². The highest BCUT2D eigenvalue weighted by molar-refractivity contribution is 6.31. The van der Waals surface area contributed by atoms with Gasteiger partial charge in [0.05, 0.1) is 33.5 Å². The van der Waals surface area contributed by atoms with Crippen molar-refractivity contribution in [3.8, 4) is 22.5 Å². The van der Waals surface area contributed by atoms with Crippen molar-refractivity contribution in [2.45, 2.75) is 39.5 Å². The minimum atomic E-state index is -0.105. The molecule has 4 aromatic carbocycles. The standard InChI is InChI=1S/C40H36Cl2N4O2/c1-25-35(31-11-5-7-13-33(31)45-37(25)27-15-19-29(41)20-16-27)39(47)43-23-9-3-4-10-24-44-40(48)36-26(2)38(28-17-21-30(42)22-18-28)46-34-14-8-6-12-32(34)36/h5-8,11-22H,3-4,9-10,23-24H2,1-2H3,(H,43,47)(H,44,48). The topological polar surface area (TPSA) is 84.0 Å². The van der Waals surface area contributed by atoms with E-state index in [1.165, 1.54) is 0 Å². The van der Waals surface area contributed by atoms with E-state index < -0.39 is 0 Å². The number of pyridine rings is 2. The molecule has 0 saturated carbocycles. The second kappa shape index (κ2) is 15.0. The van der Waals surface area contributed by atoms with Crippen LogP contribution in [0.2, 0.25) is 10.0 Å². The van der Waals surface area contributed by atoms with E-state index in [1.54, 1.807) is 0 Å². The van der Waals surface area contributed by atoms with E-state index in [-0.39, 0.29) is 11.8 Å². The van der Waals surface area contributed by atoms with Gasteiger partial charge in [0.2, 0.25) is 0 Å². The van der Waals surface area contributed by atoms with Crippen molar-refractivity contribution in [2.24, 2.45) is 0 Å². The molecule has 0 unspecified atom stereocenters. The summed E-state index contributed by atoms with van der Waals surface area (Å²) in [5.74, 6) is -0.210. The highest BCUT2D eigenvalue weighted by Crippen LogP contribution is 2.32. The van der Waals surface area contributed by atoms with Crippen molar-refractivity contribution < 1.29 is 9.59 Å². The normalized spacial score (nSPS) is 11.2. The molecule has 2 aromatic heterocycles. The Balaban J connectivity index is 1.03. The summed E-state index contributed by atoms with van der Waals surface area (Å²) in [5, 5.41) is 9.22. The monoisotopic (exact) mass is 674 g/mol. The number of amides is 2. The maximum absolute atomic E-state index is 13.5. The van der Waals surface area contributed by atoms with E-state index >= 15 is 0 Å². The average molecular weight is 676 g/mol. The molecule has 48 heavy (non-hydrogen) atoms. The summed E-state index contributed by atoms with van der Waals surface area (Å²) < 4.78 is 0. The number of halogens is 2. The van der Waals surface area contributed by atoms with Gasteiger partial charge >= 0.3 is 0 Å². The van der Waals surface area contributed by atoms with Crippen LogP contribution in [0.4, 0.5) is 0 Å². The summed E-state index contributed by atoms with van der Waals surface area (Å²) >= 11 is 12.2. The number of benzene rings is 4. The first kappa shape index (κ1) is 33.1. The zero-order valence-corrected chi connectivity index (χ0v) is 28.5. The van der Waals surface area contributed by atoms with Gasteiger partial charge in [-0.25, -0.2) is 9.97 Å². The molecule has 6 aromatic rings. The van der Waals surface area contributed by atoms with E-state index in [9.17, 15) is 9.59 Å². The third-order valence-corrected chi connectivity index (χ3v) is 9.14. The Morgan fingerprint density at radius 3 is 1.31 bits per heavy atom. The third kappa shape index (κ3) is 7.20. The van der Waals surface area contributed by atoms with Gasteiger partial charge < -0.3 is 10.6 Å². The fraction of sp³-hybridized carbons (Fsp3) is 0.200. The lowest BCUT2D eigenvalue weighted by Gasteiger charge is -2.15. The fourth-order valence-corrected chi connectivity index (χ4v) is 6.41. The first-order chi connectivity index (χ1) is 23.3. The largest absolute Gasteiger partial charge is 0.352 e. The molecule has 0 aliphatic rings. The van der Waals surface area contributed by atoms with Crippen LogP contribution in [0, 0.1) is 13.8 Å². The maximum Gasteiger partial charge on any atom is 0.252 e. The Labute approximate surface area is 290 Å². The number of aromatic nitrogens is 2. The van der Waals surface area contributed by atoms with Gasteiger partial charge in [0.1, 0.15) is 0 Å². The molecule has 0 spiro atoms. The van der Waals surface area contributed by atoms with Crippen molar-refractivity contribution >= 4 is 56.8 Å². The molecule has 8 heteroatoms. The zero-order chi connectivity index (χ0) is 33.6. The number of carbonyl (C=O) groups excluding carboxylic acids is 2. The fourth-order valence-electron chi connectivity index (χ4n) is 6.16. The molecule has 6 rings (SSSR count). The molecule has 6 nitrogen and oxygen atoms in total. The summed E-state index contributed by atoms with van der Waals surface area (Å²) in [6.07, 6.45) is 3.54. The first-order valence-corrected chi connectivity index (χ1v) is 16.9. The summed E-state index contributed by atoms with van der Waals surface area (Å²) in [6, 6.07) is 30.5. The number of hydrogen-bond donors (Lipinski definition) is 2. The van der Waals surface area contributed by atoms with Crippen LogP contribution in [0.3, 0.4) is 0 Å². The van der Waals surface area contributed by atoms with Crippen molar-refractivity contribution in [1.29, 1.82) is 0 Å². The van der Waals surface area contributed by atoms with Crippen molar-refractivity contribution in [1.82, 2.24) is 20.6 Å². The SMILES string of the molecule is Cc1c(-c2ccc(Cl)cc2)nc2ccccc2c1C(=O)NCCCCCCNC(=O)c1c(C)c(-c2ccc(Cl)cc2)nc2ccccc12. The second-order valence-corrected chi connectivity index (χ2v) is 12.8. The molecule has 0 bridgehead atoms. The number of hydrogen-bond acceptors (Lipinski definition) is 4. The Morgan fingerprint density at radius 1 is 0.542 bits per heavy atom. The molecular weight excluding hydrogens is 639 g/mol. The van der Waals surface area contributed by atoms with E-state index in [1.807, 2.05) is 111 Å². The summed E-state index contributed by atoms with van der Waals surface area (Å²) in [7, 11) is 0. The van der Waals surface area contributed by atoms with Gasteiger partial charge in [-0.2, -0.15) is 0 Å². The van der Waals surface area contributed by atoms with Crippen LogP contribution in [0.15, 0.2) is 97.1 Å². The number of carbonyl (C=O) groups is 2. The molecule has 242 valence electrons. The van der Waals surface area contributed by atoms with E-state index in [2.05, 4.69) is 10.6 Å². The molecule has 0 aliphatic carbocycles. The Bertz CT molecular complexity index is 1960. The van der Waals surface area contributed by atoms with Crippen LogP contribution in [-0.4, -0.2) is 34.9 Å². The van der Waals surface area contributed by atoms with Gasteiger partial charge in [0.25, 0.3) is 11.8 Å². The molecule has 2 heterocycles. The second-order valence-electron chi connectivity index (χ2n) is 11.9. The number of para-hydroxylation sites is 2. The van der Waals surface area contributed by atoms with Crippen molar-refractivity contribution in [3.05, 3.63) is 129 Å². The van der Waals surface area contributed by atoms with Crippen LogP contribution >= 0.6 is 23.2 Å². The van der Waals surface area contributed by atoms with Gasteiger partial charge in [-0.3, -0.25) is 9.59 Å². The van der Waals surface area contributed by atoms with Gasteiger partial charge in [-0.15, -0.1) is 0 Å². The Hall–Kier alpha value is -4.78. The Kier molecular flexibility index (Phi) is 10.3. The van der Waals surface area contributed by atoms with E-state index in [0.717, 1.165) is 81.1 Å². The summed E-state index contributed by atoms with van der Waals surface area (Å²) in [5.41, 5.74) is 7.88. The third-order valence-electron chi connectivity index (χ3n) is 8.64. The van der Waals surface area contributed by atoms with Crippen molar-refractivity contribution in [3.63, 3.8) is 0 Å². The van der Waals surface area contributed by atoms with Crippen LogP contribution in [-0.2, 0) is 0 Å². The van der Waals surface area contributed by atoms with E-state index in [4.69, 9.17) is 33.2 Å². The van der Waals surface area contributed by atoms with E-state index in [0.29, 0.717) is 34.3 Å². The quantitative estimate of drug-likeness (QED) is 0.134. The average Bonchev–Trinajstić information content (AvgIpc) is 3.09. The Morgan fingerprint density at radius 2 is 0.917 bits per heavy atom. The highest BCUT2D eigenvalue weighted by Gasteiger charge is 2.20. The van der Waals surface area contributed by atoms with Gasteiger partial charge in [0.15, 0.2) is 0 Å². The molecule has 0 atom stereocenters. The number of nitrogens with zero attached hydrogens (tertiary/aromatic N) is 2. The minimum absolute atomic E-state index is 0.105. The molecule has 0 saturated heterocycles. The molecule has 0 aliphatic heterocycles. The lowest BCUT2D eigenvalue weighted by molar-refractivity contribution is 0.0944. The molecular formula is C40H36Cl2N4O2. The molecule has 2 amide bonds. The number of rotatable bonds is 11.